The van der Waals surface area contributed by atoms with Crippen LogP contribution in [-0.4, -0.2) is 20.7 Å². The summed E-state index contributed by atoms with van der Waals surface area (Å²) in [6.45, 7) is 0. The highest BCUT2D eigenvalue weighted by molar-refractivity contribution is 7.20. The van der Waals surface area contributed by atoms with Crippen LogP contribution in [-0.2, 0) is 7.05 Å². The summed E-state index contributed by atoms with van der Waals surface area (Å²) < 4.78 is 15.8. The summed E-state index contributed by atoms with van der Waals surface area (Å²) in [5, 5.41) is 8.09. The number of carbonyl (C=O) groups excluding carboxylic acids is 1. The van der Waals surface area contributed by atoms with Gasteiger partial charge in [-0.1, -0.05) is 23.7 Å². The van der Waals surface area contributed by atoms with Crippen molar-refractivity contribution in [1.29, 1.82) is 0 Å². The van der Waals surface area contributed by atoms with Gasteiger partial charge in [0.05, 0.1) is 10.6 Å². The quantitative estimate of drug-likeness (QED) is 0.517. The maximum Gasteiger partial charge on any atom is 0.265 e. The molecule has 1 N–H and O–H groups in total. The molecule has 3 heterocycles. The molecule has 0 atom stereocenters. The number of halogens is 2. The second-order valence-electron chi connectivity index (χ2n) is 5.58. The molecule has 26 heavy (non-hydrogen) atoms. The average molecular weight is 387 g/mol. The number of nitrogens with zero attached hydrogens (tertiary/aromatic N) is 3. The first-order chi connectivity index (χ1) is 12.5. The van der Waals surface area contributed by atoms with Crippen LogP contribution < -0.4 is 5.32 Å². The maximum absolute atomic E-state index is 14.2. The Hall–Kier alpha value is -2.77. The lowest BCUT2D eigenvalue weighted by molar-refractivity contribution is 0.103. The fraction of sp³-hybridized carbons (Fsp3) is 0.0556. The van der Waals surface area contributed by atoms with E-state index in [-0.39, 0.29) is 16.9 Å². The molecule has 1 amide bonds. The van der Waals surface area contributed by atoms with E-state index in [0.717, 1.165) is 10.2 Å². The third-order valence-corrected chi connectivity index (χ3v) is 5.37. The summed E-state index contributed by atoms with van der Waals surface area (Å²) in [4.78, 5) is 17.8. The molecular formula is C18H12ClFN4OS. The van der Waals surface area contributed by atoms with Crippen LogP contribution in [0.2, 0.25) is 5.15 Å². The van der Waals surface area contributed by atoms with E-state index in [9.17, 15) is 9.18 Å². The van der Waals surface area contributed by atoms with Crippen molar-refractivity contribution in [1.82, 2.24) is 14.8 Å². The lowest BCUT2D eigenvalue weighted by Gasteiger charge is -2.04. The Balaban J connectivity index is 1.75. The van der Waals surface area contributed by atoms with Gasteiger partial charge in [-0.05, 0) is 30.3 Å². The molecule has 0 aliphatic rings. The standard InChI is InChI=1S/C18H12ClFN4OS/c1-24-18-11(15(23-24)10-5-2-3-6-12(10)20)9-14(26-18)17(25)22-13-7-4-8-21-16(13)19/h2-9H,1H3,(H,22,25). The van der Waals surface area contributed by atoms with E-state index in [1.807, 2.05) is 0 Å². The Morgan fingerprint density at radius 1 is 1.27 bits per heavy atom. The number of hydrogen-bond acceptors (Lipinski definition) is 4. The third-order valence-electron chi connectivity index (χ3n) is 3.87. The Bertz CT molecular complexity index is 1140. The summed E-state index contributed by atoms with van der Waals surface area (Å²) in [7, 11) is 1.77. The summed E-state index contributed by atoms with van der Waals surface area (Å²) in [5.41, 5.74) is 1.34. The molecule has 5 nitrogen and oxygen atoms in total. The molecule has 4 aromatic rings. The molecular weight excluding hydrogens is 375 g/mol. The zero-order chi connectivity index (χ0) is 18.3. The fourth-order valence-electron chi connectivity index (χ4n) is 2.67. The number of rotatable bonds is 3. The zero-order valence-electron chi connectivity index (χ0n) is 13.5. The van der Waals surface area contributed by atoms with Crippen LogP contribution >= 0.6 is 22.9 Å². The fourth-order valence-corrected chi connectivity index (χ4v) is 3.80. The minimum atomic E-state index is -0.355. The second kappa shape index (κ2) is 6.51. The normalized spacial score (nSPS) is 11.0. The molecule has 0 spiro atoms. The number of pyridine rings is 1. The van der Waals surface area contributed by atoms with E-state index in [2.05, 4.69) is 15.4 Å². The number of benzene rings is 1. The first kappa shape index (κ1) is 16.7. The average Bonchev–Trinajstić information content (AvgIpc) is 3.19. The lowest BCUT2D eigenvalue weighted by atomic mass is 10.1. The van der Waals surface area contributed by atoms with E-state index in [4.69, 9.17) is 11.6 Å². The Morgan fingerprint density at radius 3 is 2.85 bits per heavy atom. The highest BCUT2D eigenvalue weighted by Gasteiger charge is 2.20. The van der Waals surface area contributed by atoms with E-state index >= 15 is 0 Å². The molecule has 130 valence electrons. The zero-order valence-corrected chi connectivity index (χ0v) is 15.1. The van der Waals surface area contributed by atoms with Gasteiger partial charge >= 0.3 is 0 Å². The first-order valence-electron chi connectivity index (χ1n) is 7.68. The highest BCUT2D eigenvalue weighted by Crippen LogP contribution is 2.35. The molecule has 0 radical (unpaired) electrons. The van der Waals surface area contributed by atoms with Crippen molar-refractivity contribution in [3.63, 3.8) is 0 Å². The van der Waals surface area contributed by atoms with Gasteiger partial charge in [-0.2, -0.15) is 5.10 Å². The second-order valence-corrected chi connectivity index (χ2v) is 6.97. The number of amides is 1. The van der Waals surface area contributed by atoms with Crippen molar-refractivity contribution < 1.29 is 9.18 Å². The highest BCUT2D eigenvalue weighted by atomic mass is 35.5. The number of aromatic nitrogens is 3. The van der Waals surface area contributed by atoms with Crippen LogP contribution in [0.15, 0.2) is 48.7 Å². The number of nitrogens with one attached hydrogen (secondary N) is 1. The molecule has 0 aliphatic carbocycles. The minimum absolute atomic E-state index is 0.218. The SMILES string of the molecule is Cn1nc(-c2ccccc2F)c2cc(C(=O)Nc3cccnc3Cl)sc21. The van der Waals surface area contributed by atoms with Gasteiger partial charge < -0.3 is 5.32 Å². The molecule has 4 rings (SSSR count). The Morgan fingerprint density at radius 2 is 2.08 bits per heavy atom. The Kier molecular flexibility index (Phi) is 4.18. The molecule has 3 aromatic heterocycles. The molecule has 8 heteroatoms. The van der Waals surface area contributed by atoms with Gasteiger partial charge in [0, 0.05) is 24.2 Å². The van der Waals surface area contributed by atoms with Crippen LogP contribution in [0.5, 0.6) is 0 Å². The van der Waals surface area contributed by atoms with E-state index < -0.39 is 0 Å². The predicted molar refractivity (Wildman–Crippen MR) is 101 cm³/mol. The van der Waals surface area contributed by atoms with Gasteiger partial charge in [0.15, 0.2) is 5.15 Å². The van der Waals surface area contributed by atoms with Crippen molar-refractivity contribution in [3.8, 4) is 11.3 Å². The summed E-state index contributed by atoms with van der Waals surface area (Å²) in [5.74, 6) is -0.660. The molecule has 0 aliphatic heterocycles. The van der Waals surface area contributed by atoms with Crippen molar-refractivity contribution in [2.45, 2.75) is 0 Å². The molecule has 0 bridgehead atoms. The maximum atomic E-state index is 14.2. The predicted octanol–water partition coefficient (Wildman–Crippen LogP) is 4.74. The number of hydrogen-bond donors (Lipinski definition) is 1. The van der Waals surface area contributed by atoms with Gasteiger partial charge in [0.2, 0.25) is 0 Å². The topological polar surface area (TPSA) is 59.8 Å². The van der Waals surface area contributed by atoms with Crippen molar-refractivity contribution in [2.75, 3.05) is 5.32 Å². The van der Waals surface area contributed by atoms with Crippen LogP contribution in [0.4, 0.5) is 10.1 Å². The van der Waals surface area contributed by atoms with Crippen LogP contribution in [0, 0.1) is 5.82 Å². The van der Waals surface area contributed by atoms with Gasteiger partial charge in [-0.3, -0.25) is 9.48 Å². The van der Waals surface area contributed by atoms with Crippen LogP contribution in [0.3, 0.4) is 0 Å². The molecule has 0 saturated heterocycles. The van der Waals surface area contributed by atoms with Crippen LogP contribution in [0.1, 0.15) is 9.67 Å². The van der Waals surface area contributed by atoms with E-state index in [0.29, 0.717) is 21.8 Å². The smallest absolute Gasteiger partial charge is 0.265 e. The van der Waals surface area contributed by atoms with Crippen molar-refractivity contribution >= 4 is 44.7 Å². The number of aryl methyl sites for hydroxylation is 1. The molecule has 1 aromatic carbocycles. The molecule has 0 unspecified atom stereocenters. The summed E-state index contributed by atoms with van der Waals surface area (Å²) in [6, 6.07) is 11.5. The number of anilines is 1. The first-order valence-corrected chi connectivity index (χ1v) is 8.87. The third kappa shape index (κ3) is 2.85. The number of thiophene rings is 1. The molecule has 0 fully saturated rings. The van der Waals surface area contributed by atoms with Crippen molar-refractivity contribution in [2.24, 2.45) is 7.05 Å². The van der Waals surface area contributed by atoms with Crippen molar-refractivity contribution in [3.05, 3.63) is 64.5 Å². The van der Waals surface area contributed by atoms with Crippen LogP contribution in [0.25, 0.3) is 21.5 Å². The number of carbonyl (C=O) groups is 1. The van der Waals surface area contributed by atoms with Gasteiger partial charge in [-0.25, -0.2) is 9.37 Å². The summed E-state index contributed by atoms with van der Waals surface area (Å²) >= 11 is 7.26. The monoisotopic (exact) mass is 386 g/mol. The van der Waals surface area contributed by atoms with Gasteiger partial charge in [0.25, 0.3) is 5.91 Å². The van der Waals surface area contributed by atoms with Gasteiger partial charge in [0.1, 0.15) is 16.3 Å². The number of fused-ring (bicyclic) bond motifs is 1. The van der Waals surface area contributed by atoms with E-state index in [1.54, 1.807) is 54.3 Å². The minimum Gasteiger partial charge on any atom is -0.319 e. The summed E-state index contributed by atoms with van der Waals surface area (Å²) in [6.07, 6.45) is 1.55. The van der Waals surface area contributed by atoms with Gasteiger partial charge in [-0.15, -0.1) is 11.3 Å². The largest absolute Gasteiger partial charge is 0.319 e. The van der Waals surface area contributed by atoms with E-state index in [1.165, 1.54) is 17.4 Å². The lowest BCUT2D eigenvalue weighted by Crippen LogP contribution is -2.10. The Labute approximate surface area is 157 Å². The molecule has 0 saturated carbocycles.